The summed E-state index contributed by atoms with van der Waals surface area (Å²) in [5.74, 6) is 1.69. The van der Waals surface area contributed by atoms with Crippen molar-refractivity contribution in [1.82, 2.24) is 5.32 Å². The van der Waals surface area contributed by atoms with E-state index < -0.39 is 0 Å². The number of carbonyl (C=O) groups excluding carboxylic acids is 1. The fourth-order valence-electron chi connectivity index (χ4n) is 2.39. The lowest BCUT2D eigenvalue weighted by atomic mass is 10.1. The lowest BCUT2D eigenvalue weighted by Crippen LogP contribution is -2.28. The maximum Gasteiger partial charge on any atom is 0.251 e. The van der Waals surface area contributed by atoms with E-state index in [1.54, 1.807) is 26.4 Å². The average Bonchev–Trinajstić information content (AvgIpc) is 2.60. The molecule has 0 aliphatic carbocycles. The molecule has 2 aromatic rings. The van der Waals surface area contributed by atoms with Gasteiger partial charge in [0.05, 0.1) is 20.8 Å². The summed E-state index contributed by atoms with van der Waals surface area (Å²) >= 11 is 3.38. The summed E-state index contributed by atoms with van der Waals surface area (Å²) in [5, 5.41) is 2.83. The number of benzene rings is 2. The van der Waals surface area contributed by atoms with Crippen LogP contribution in [0.3, 0.4) is 0 Å². The zero-order valence-corrected chi connectivity index (χ0v) is 16.4. The van der Waals surface area contributed by atoms with Crippen molar-refractivity contribution in [2.75, 3.05) is 27.4 Å². The molecular formula is C19H22BrNO4. The molecule has 0 unspecified atom stereocenters. The molecule has 1 N–H and O–H groups in total. The number of carbonyl (C=O) groups is 1. The number of ether oxygens (including phenoxy) is 3. The Hall–Kier alpha value is -2.21. The lowest BCUT2D eigenvalue weighted by Gasteiger charge is -2.13. The molecule has 0 saturated carbocycles. The molecule has 0 atom stereocenters. The van der Waals surface area contributed by atoms with E-state index in [-0.39, 0.29) is 5.91 Å². The number of aryl methyl sites for hydroxylation is 2. The second kappa shape index (κ2) is 8.76. The Balaban J connectivity index is 1.94. The molecule has 5 nitrogen and oxygen atoms in total. The van der Waals surface area contributed by atoms with E-state index in [9.17, 15) is 4.79 Å². The molecule has 0 aliphatic rings. The largest absolute Gasteiger partial charge is 0.495 e. The zero-order chi connectivity index (χ0) is 18.4. The van der Waals surface area contributed by atoms with Gasteiger partial charge in [-0.25, -0.2) is 0 Å². The Morgan fingerprint density at radius 3 is 2.24 bits per heavy atom. The second-order valence-corrected chi connectivity index (χ2v) is 6.36. The number of hydrogen-bond acceptors (Lipinski definition) is 4. The van der Waals surface area contributed by atoms with Crippen LogP contribution >= 0.6 is 15.9 Å². The molecule has 0 fully saturated rings. The van der Waals surface area contributed by atoms with Crippen molar-refractivity contribution in [3.63, 3.8) is 0 Å². The SMILES string of the molecule is COc1cc(C(=O)NCCOc2ccc(C)cc2C)cc(OC)c1Br. The van der Waals surface area contributed by atoms with E-state index in [1.165, 1.54) is 5.56 Å². The molecule has 134 valence electrons. The number of hydrogen-bond donors (Lipinski definition) is 1. The van der Waals surface area contributed by atoms with Crippen LogP contribution in [0, 0.1) is 13.8 Å². The molecule has 1 amide bonds. The molecule has 0 radical (unpaired) electrons. The Bertz CT molecular complexity index is 736. The third kappa shape index (κ3) is 4.89. The van der Waals surface area contributed by atoms with E-state index in [4.69, 9.17) is 14.2 Å². The maximum atomic E-state index is 12.3. The topological polar surface area (TPSA) is 56.8 Å². The van der Waals surface area contributed by atoms with Gasteiger partial charge in [0.25, 0.3) is 5.91 Å². The van der Waals surface area contributed by atoms with Crippen molar-refractivity contribution >= 4 is 21.8 Å². The number of nitrogens with one attached hydrogen (secondary N) is 1. The first-order valence-electron chi connectivity index (χ1n) is 7.86. The minimum Gasteiger partial charge on any atom is -0.495 e. The number of halogens is 1. The summed E-state index contributed by atoms with van der Waals surface area (Å²) in [6.07, 6.45) is 0. The fourth-order valence-corrected chi connectivity index (χ4v) is 2.94. The smallest absolute Gasteiger partial charge is 0.251 e. The summed E-state index contributed by atoms with van der Waals surface area (Å²) in [5.41, 5.74) is 2.73. The number of amides is 1. The van der Waals surface area contributed by atoms with Gasteiger partial charge in [0.2, 0.25) is 0 Å². The average molecular weight is 408 g/mol. The van der Waals surface area contributed by atoms with E-state index in [0.29, 0.717) is 34.7 Å². The first kappa shape index (κ1) is 19.1. The zero-order valence-electron chi connectivity index (χ0n) is 14.8. The Morgan fingerprint density at radius 2 is 1.68 bits per heavy atom. The highest BCUT2D eigenvalue weighted by molar-refractivity contribution is 9.10. The first-order chi connectivity index (χ1) is 12.0. The lowest BCUT2D eigenvalue weighted by molar-refractivity contribution is 0.0946. The van der Waals surface area contributed by atoms with Crippen LogP contribution < -0.4 is 19.5 Å². The third-order valence-corrected chi connectivity index (χ3v) is 4.47. The van der Waals surface area contributed by atoms with Crippen LogP contribution in [0.25, 0.3) is 0 Å². The van der Waals surface area contributed by atoms with Crippen LogP contribution in [0.4, 0.5) is 0 Å². The standard InChI is InChI=1S/C19H22BrNO4/c1-12-5-6-15(13(2)9-12)25-8-7-21-19(22)14-10-16(23-3)18(20)17(11-14)24-4/h5-6,9-11H,7-8H2,1-4H3,(H,21,22). The highest BCUT2D eigenvalue weighted by Gasteiger charge is 2.14. The van der Waals surface area contributed by atoms with Crippen LogP contribution in [-0.4, -0.2) is 33.3 Å². The highest BCUT2D eigenvalue weighted by atomic mass is 79.9. The maximum absolute atomic E-state index is 12.3. The summed E-state index contributed by atoms with van der Waals surface area (Å²) in [6.45, 7) is 4.83. The number of rotatable bonds is 7. The van der Waals surface area contributed by atoms with Crippen molar-refractivity contribution in [2.24, 2.45) is 0 Å². The van der Waals surface area contributed by atoms with Gasteiger partial charge in [-0.2, -0.15) is 0 Å². The monoisotopic (exact) mass is 407 g/mol. The van der Waals surface area contributed by atoms with E-state index in [2.05, 4.69) is 27.3 Å². The summed E-state index contributed by atoms with van der Waals surface area (Å²) < 4.78 is 16.9. The Morgan fingerprint density at radius 1 is 1.04 bits per heavy atom. The molecular weight excluding hydrogens is 386 g/mol. The van der Waals surface area contributed by atoms with Crippen LogP contribution in [0.15, 0.2) is 34.8 Å². The number of methoxy groups -OCH3 is 2. The minimum absolute atomic E-state index is 0.215. The van der Waals surface area contributed by atoms with Gasteiger partial charge in [-0.15, -0.1) is 0 Å². The molecule has 2 rings (SSSR count). The van der Waals surface area contributed by atoms with Gasteiger partial charge in [-0.05, 0) is 53.5 Å². The van der Waals surface area contributed by atoms with Crippen LogP contribution in [0.2, 0.25) is 0 Å². The van der Waals surface area contributed by atoms with Crippen molar-refractivity contribution in [2.45, 2.75) is 13.8 Å². The summed E-state index contributed by atoms with van der Waals surface area (Å²) in [7, 11) is 3.08. The van der Waals surface area contributed by atoms with Gasteiger partial charge in [0, 0.05) is 5.56 Å². The molecule has 0 heterocycles. The van der Waals surface area contributed by atoms with Crippen LogP contribution in [0.1, 0.15) is 21.5 Å². The van der Waals surface area contributed by atoms with Gasteiger partial charge < -0.3 is 19.5 Å². The van der Waals surface area contributed by atoms with Crippen LogP contribution in [-0.2, 0) is 0 Å². The Labute approximate surface area is 156 Å². The van der Waals surface area contributed by atoms with Crippen molar-refractivity contribution in [1.29, 1.82) is 0 Å². The highest BCUT2D eigenvalue weighted by Crippen LogP contribution is 2.35. The quantitative estimate of drug-likeness (QED) is 0.707. The van der Waals surface area contributed by atoms with Gasteiger partial charge in [-0.1, -0.05) is 17.7 Å². The normalized spacial score (nSPS) is 10.3. The first-order valence-corrected chi connectivity index (χ1v) is 8.65. The molecule has 0 aliphatic heterocycles. The molecule has 0 aromatic heterocycles. The Kier molecular flexibility index (Phi) is 6.70. The third-order valence-electron chi connectivity index (χ3n) is 3.68. The summed E-state index contributed by atoms with van der Waals surface area (Å²) in [6, 6.07) is 9.33. The van der Waals surface area contributed by atoms with E-state index in [1.807, 2.05) is 26.0 Å². The van der Waals surface area contributed by atoms with Gasteiger partial charge in [-0.3, -0.25) is 4.79 Å². The van der Waals surface area contributed by atoms with Crippen LogP contribution in [0.5, 0.6) is 17.2 Å². The molecule has 0 spiro atoms. The van der Waals surface area contributed by atoms with Gasteiger partial charge >= 0.3 is 0 Å². The van der Waals surface area contributed by atoms with E-state index in [0.717, 1.165) is 11.3 Å². The minimum atomic E-state index is -0.215. The van der Waals surface area contributed by atoms with Crippen molar-refractivity contribution < 1.29 is 19.0 Å². The van der Waals surface area contributed by atoms with Crippen molar-refractivity contribution in [3.8, 4) is 17.2 Å². The van der Waals surface area contributed by atoms with E-state index >= 15 is 0 Å². The van der Waals surface area contributed by atoms with Crippen molar-refractivity contribution in [3.05, 3.63) is 51.5 Å². The molecule has 0 bridgehead atoms. The van der Waals surface area contributed by atoms with Gasteiger partial charge in [0.1, 0.15) is 28.3 Å². The predicted molar refractivity (Wildman–Crippen MR) is 101 cm³/mol. The molecule has 0 saturated heterocycles. The molecule has 2 aromatic carbocycles. The molecule has 6 heteroatoms. The second-order valence-electron chi connectivity index (χ2n) is 5.57. The summed E-state index contributed by atoms with van der Waals surface area (Å²) in [4.78, 5) is 12.3. The molecule has 25 heavy (non-hydrogen) atoms. The van der Waals surface area contributed by atoms with Gasteiger partial charge in [0.15, 0.2) is 0 Å². The predicted octanol–water partition coefficient (Wildman–Crippen LogP) is 3.89. The fraction of sp³-hybridized carbons (Fsp3) is 0.316.